The number of rotatable bonds is 5. The largest absolute Gasteiger partial charge is 0.497 e. The van der Waals surface area contributed by atoms with Gasteiger partial charge in [-0.05, 0) is 110 Å². The number of nitrogens with zero attached hydrogens (tertiary/aromatic N) is 3. The molecule has 198 valence electrons. The summed E-state index contributed by atoms with van der Waals surface area (Å²) < 4.78 is 10.9. The van der Waals surface area contributed by atoms with Crippen LogP contribution in [0.1, 0.15) is 22.3 Å². The van der Waals surface area contributed by atoms with E-state index in [1.165, 1.54) is 5.56 Å². The number of aromatic nitrogens is 3. The molecule has 6 aromatic rings. The molecule has 0 radical (unpaired) electrons. The molecular formula is C35H31N3O2. The first-order chi connectivity index (χ1) is 19.4. The van der Waals surface area contributed by atoms with Crippen molar-refractivity contribution in [2.75, 3.05) is 14.2 Å². The molecule has 0 spiro atoms. The van der Waals surface area contributed by atoms with Crippen LogP contribution in [-0.2, 0) is 0 Å². The maximum Gasteiger partial charge on any atom is 0.119 e. The van der Waals surface area contributed by atoms with Crippen molar-refractivity contribution in [3.05, 3.63) is 101 Å². The highest BCUT2D eigenvalue weighted by Crippen LogP contribution is 2.35. The summed E-state index contributed by atoms with van der Waals surface area (Å²) in [5, 5.41) is 2.10. The molecule has 5 heteroatoms. The second kappa shape index (κ2) is 10.1. The number of benzene rings is 3. The van der Waals surface area contributed by atoms with Gasteiger partial charge in [-0.3, -0.25) is 4.98 Å². The first-order valence-corrected chi connectivity index (χ1v) is 13.3. The van der Waals surface area contributed by atoms with Gasteiger partial charge in [0.05, 0.1) is 42.3 Å². The van der Waals surface area contributed by atoms with Gasteiger partial charge < -0.3 is 9.47 Å². The lowest BCUT2D eigenvalue weighted by Gasteiger charge is -2.14. The lowest BCUT2D eigenvalue weighted by atomic mass is 9.95. The molecule has 0 saturated heterocycles. The van der Waals surface area contributed by atoms with Crippen molar-refractivity contribution in [3.8, 4) is 45.3 Å². The van der Waals surface area contributed by atoms with Gasteiger partial charge in [-0.2, -0.15) is 0 Å². The first kappa shape index (κ1) is 25.5. The molecule has 0 amide bonds. The number of methoxy groups -OCH3 is 2. The minimum atomic E-state index is 0.815. The van der Waals surface area contributed by atoms with E-state index in [9.17, 15) is 0 Å². The third-order valence-corrected chi connectivity index (χ3v) is 7.57. The van der Waals surface area contributed by atoms with Crippen LogP contribution >= 0.6 is 0 Å². The number of pyridine rings is 3. The average Bonchev–Trinajstić information content (AvgIpc) is 2.96. The van der Waals surface area contributed by atoms with Gasteiger partial charge >= 0.3 is 0 Å². The van der Waals surface area contributed by atoms with Crippen molar-refractivity contribution in [1.29, 1.82) is 0 Å². The highest BCUT2D eigenvalue weighted by Gasteiger charge is 2.14. The molecule has 0 aliphatic rings. The molecule has 40 heavy (non-hydrogen) atoms. The number of fused-ring (bicyclic) bond motifs is 3. The first-order valence-electron chi connectivity index (χ1n) is 13.3. The van der Waals surface area contributed by atoms with Gasteiger partial charge in [0.1, 0.15) is 11.5 Å². The Morgan fingerprint density at radius 3 is 1.52 bits per heavy atom. The zero-order valence-electron chi connectivity index (χ0n) is 23.7. The minimum Gasteiger partial charge on any atom is -0.497 e. The maximum absolute atomic E-state index is 5.47. The molecule has 0 aliphatic heterocycles. The second-order valence-electron chi connectivity index (χ2n) is 10.3. The Labute approximate surface area is 234 Å². The van der Waals surface area contributed by atoms with Crippen LogP contribution in [0, 0.1) is 27.7 Å². The highest BCUT2D eigenvalue weighted by molar-refractivity contribution is 6.04. The molecule has 5 nitrogen and oxygen atoms in total. The third kappa shape index (κ3) is 4.43. The average molecular weight is 526 g/mol. The van der Waals surface area contributed by atoms with Gasteiger partial charge in [0.2, 0.25) is 0 Å². The highest BCUT2D eigenvalue weighted by atomic mass is 16.5. The third-order valence-electron chi connectivity index (χ3n) is 7.57. The van der Waals surface area contributed by atoms with Crippen LogP contribution in [0.5, 0.6) is 11.5 Å². The Kier molecular flexibility index (Phi) is 6.43. The van der Waals surface area contributed by atoms with Crippen LogP contribution in [0.15, 0.2) is 79.0 Å². The predicted molar refractivity (Wildman–Crippen MR) is 163 cm³/mol. The SMILES string of the molecule is COc1cc(C)c(-c2ccnc(-c3ccc4ccc5ccc(-c6c(C)cc(OC)cc6C)nc5c4n3)c2)c(C)c1. The quantitative estimate of drug-likeness (QED) is 0.211. The molecule has 3 aromatic carbocycles. The molecule has 0 unspecified atom stereocenters. The number of hydrogen-bond donors (Lipinski definition) is 0. The Bertz CT molecular complexity index is 1880. The van der Waals surface area contributed by atoms with Crippen LogP contribution in [0.25, 0.3) is 55.6 Å². The van der Waals surface area contributed by atoms with Gasteiger partial charge in [-0.1, -0.05) is 24.3 Å². The summed E-state index contributed by atoms with van der Waals surface area (Å²) in [7, 11) is 3.39. The zero-order valence-corrected chi connectivity index (χ0v) is 23.7. The van der Waals surface area contributed by atoms with E-state index < -0.39 is 0 Å². The molecule has 6 rings (SSSR count). The Morgan fingerprint density at radius 1 is 0.500 bits per heavy atom. The number of hydrogen-bond acceptors (Lipinski definition) is 5. The maximum atomic E-state index is 5.47. The summed E-state index contributed by atoms with van der Waals surface area (Å²) >= 11 is 0. The topological polar surface area (TPSA) is 57.1 Å². The fraction of sp³-hybridized carbons (Fsp3) is 0.171. The number of aryl methyl sites for hydroxylation is 4. The molecule has 3 heterocycles. The van der Waals surface area contributed by atoms with E-state index in [2.05, 4.69) is 94.4 Å². The van der Waals surface area contributed by atoms with Gasteiger partial charge in [-0.25, -0.2) is 9.97 Å². The molecule has 0 bridgehead atoms. The normalized spacial score (nSPS) is 11.2. The van der Waals surface area contributed by atoms with Crippen LogP contribution in [0.2, 0.25) is 0 Å². The summed E-state index contributed by atoms with van der Waals surface area (Å²) in [6.45, 7) is 8.42. The van der Waals surface area contributed by atoms with E-state index in [1.807, 2.05) is 12.3 Å². The lowest BCUT2D eigenvalue weighted by molar-refractivity contribution is 0.414. The summed E-state index contributed by atoms with van der Waals surface area (Å²) in [5.41, 5.74) is 12.3. The van der Waals surface area contributed by atoms with Crippen LogP contribution in [0.3, 0.4) is 0 Å². The zero-order chi connectivity index (χ0) is 28.0. The molecule has 0 N–H and O–H groups in total. The molecule has 0 saturated carbocycles. The molecule has 0 fully saturated rings. The smallest absolute Gasteiger partial charge is 0.119 e. The number of ether oxygens (including phenoxy) is 2. The fourth-order valence-electron chi connectivity index (χ4n) is 5.72. The Balaban J connectivity index is 1.49. The van der Waals surface area contributed by atoms with Crippen molar-refractivity contribution in [2.24, 2.45) is 0 Å². The monoisotopic (exact) mass is 525 g/mol. The molecule has 0 atom stereocenters. The summed E-state index contributed by atoms with van der Waals surface area (Å²) in [6.07, 6.45) is 1.86. The van der Waals surface area contributed by atoms with Gasteiger partial charge in [-0.15, -0.1) is 0 Å². The van der Waals surface area contributed by atoms with Crippen molar-refractivity contribution in [3.63, 3.8) is 0 Å². The van der Waals surface area contributed by atoms with Gasteiger partial charge in [0, 0.05) is 22.5 Å². The van der Waals surface area contributed by atoms with Crippen LogP contribution in [-0.4, -0.2) is 29.2 Å². The Morgan fingerprint density at radius 2 is 0.975 bits per heavy atom. The van der Waals surface area contributed by atoms with E-state index in [0.29, 0.717) is 0 Å². The van der Waals surface area contributed by atoms with E-state index in [-0.39, 0.29) is 0 Å². The lowest BCUT2D eigenvalue weighted by Crippen LogP contribution is -1.96. The summed E-state index contributed by atoms with van der Waals surface area (Å²) in [6, 6.07) is 25.0. The van der Waals surface area contributed by atoms with Crippen molar-refractivity contribution >= 4 is 21.8 Å². The van der Waals surface area contributed by atoms with Crippen molar-refractivity contribution in [2.45, 2.75) is 27.7 Å². The van der Waals surface area contributed by atoms with E-state index >= 15 is 0 Å². The van der Waals surface area contributed by atoms with Gasteiger partial charge in [0.15, 0.2) is 0 Å². The van der Waals surface area contributed by atoms with Crippen LogP contribution < -0.4 is 9.47 Å². The van der Waals surface area contributed by atoms with E-state index in [1.54, 1.807) is 14.2 Å². The van der Waals surface area contributed by atoms with E-state index in [0.717, 1.165) is 83.8 Å². The molecule has 3 aromatic heterocycles. The van der Waals surface area contributed by atoms with Crippen LogP contribution in [0.4, 0.5) is 0 Å². The van der Waals surface area contributed by atoms with E-state index in [4.69, 9.17) is 24.4 Å². The molecule has 0 aliphatic carbocycles. The standard InChI is InChI=1S/C35H31N3O2/c1-20-15-27(39-5)16-21(2)32(20)26-13-14-36-31(19-26)29-11-9-24-7-8-25-10-12-30(38-35(25)34(24)37-29)33-22(3)17-28(40-6)18-23(33)4/h7-19H,1-6H3. The van der Waals surface area contributed by atoms with Crippen molar-refractivity contribution < 1.29 is 9.47 Å². The minimum absolute atomic E-state index is 0.815. The summed E-state index contributed by atoms with van der Waals surface area (Å²) in [5.74, 6) is 1.72. The summed E-state index contributed by atoms with van der Waals surface area (Å²) in [4.78, 5) is 15.0. The second-order valence-corrected chi connectivity index (χ2v) is 10.3. The van der Waals surface area contributed by atoms with Crippen molar-refractivity contribution in [1.82, 2.24) is 15.0 Å². The fourth-order valence-corrected chi connectivity index (χ4v) is 5.72. The predicted octanol–water partition coefficient (Wildman–Crippen LogP) is 8.43. The molecular weight excluding hydrogens is 494 g/mol. The van der Waals surface area contributed by atoms with Gasteiger partial charge in [0.25, 0.3) is 0 Å². The Hall–Kier alpha value is -4.77.